The van der Waals surface area contributed by atoms with Crippen molar-refractivity contribution in [3.63, 3.8) is 0 Å². The molecule has 0 amide bonds. The molecule has 0 spiro atoms. The second-order valence-corrected chi connectivity index (χ2v) is 21.1. The number of thiophene rings is 2. The van der Waals surface area contributed by atoms with E-state index in [4.69, 9.17) is 9.47 Å². The summed E-state index contributed by atoms with van der Waals surface area (Å²) < 4.78 is 16.6. The number of hydrogen-bond donors (Lipinski definition) is 1. The second-order valence-electron chi connectivity index (χ2n) is 17.9. The standard InChI is InChI=1S/C32H25NO2S.C32H25O2PS/c1-20(33-2)32(34)35-27-14-8-5-10-22(27)15-16-24-19-23-11-4-7-13-26(23)30-29-25-12-6-3-9-21(25)17-18-28(29)36-31(24)30;1-20(35-2)32(33)34-27-14-8-5-10-22(27)15-16-24-19-23-11-4-7-13-26(23)30-29-25-12-6-3-9-21(25)17-18-28(29)36-31(24)30/h3-14,17-19,33H,1,15-16H2,2H3;3-14,17-19,35H,1,15-16H2,2H3. The van der Waals surface area contributed by atoms with Gasteiger partial charge in [0, 0.05) is 47.4 Å². The van der Waals surface area contributed by atoms with E-state index in [0.29, 0.717) is 25.4 Å². The van der Waals surface area contributed by atoms with E-state index in [1.54, 1.807) is 7.05 Å². The van der Waals surface area contributed by atoms with Gasteiger partial charge in [-0.05, 0) is 134 Å². The molecule has 0 aliphatic carbocycles. The average Bonchev–Trinajstić information content (AvgIpc) is 4.03. The minimum Gasteiger partial charge on any atom is -0.423 e. The Labute approximate surface area is 427 Å². The van der Waals surface area contributed by atoms with Gasteiger partial charge in [-0.25, -0.2) is 9.59 Å². The van der Waals surface area contributed by atoms with Crippen LogP contribution in [0, 0.1) is 0 Å². The summed E-state index contributed by atoms with van der Waals surface area (Å²) in [6, 6.07) is 63.9. The Kier molecular flexibility index (Phi) is 13.1. The molecule has 1 atom stereocenters. The van der Waals surface area contributed by atoms with Crippen LogP contribution in [-0.4, -0.2) is 25.7 Å². The molecule has 8 heteroatoms. The summed E-state index contributed by atoms with van der Waals surface area (Å²) in [6.07, 6.45) is 3.25. The lowest BCUT2D eigenvalue weighted by Gasteiger charge is -2.12. The number of aryl methyl sites for hydroxylation is 4. The monoisotopic (exact) mass is 991 g/mol. The summed E-state index contributed by atoms with van der Waals surface area (Å²) in [6.45, 7) is 9.49. The van der Waals surface area contributed by atoms with Crippen molar-refractivity contribution in [2.75, 3.05) is 13.7 Å². The van der Waals surface area contributed by atoms with Crippen molar-refractivity contribution in [2.45, 2.75) is 25.7 Å². The van der Waals surface area contributed by atoms with Crippen LogP contribution in [0.3, 0.4) is 0 Å². The van der Waals surface area contributed by atoms with E-state index in [1.807, 2.05) is 71.8 Å². The largest absolute Gasteiger partial charge is 0.423 e. The van der Waals surface area contributed by atoms with Crippen molar-refractivity contribution in [1.82, 2.24) is 5.32 Å². The topological polar surface area (TPSA) is 64.6 Å². The van der Waals surface area contributed by atoms with Crippen LogP contribution in [0.5, 0.6) is 11.5 Å². The molecule has 0 saturated heterocycles. The molecule has 12 rings (SSSR count). The van der Waals surface area contributed by atoms with Gasteiger partial charge in [0.25, 0.3) is 0 Å². The zero-order valence-electron chi connectivity index (χ0n) is 40.0. The number of hydrogen-bond acceptors (Lipinski definition) is 7. The van der Waals surface area contributed by atoms with E-state index in [-0.39, 0.29) is 11.7 Å². The Morgan fingerprint density at radius 3 is 1.28 bits per heavy atom. The predicted molar refractivity (Wildman–Crippen MR) is 309 cm³/mol. The van der Waals surface area contributed by atoms with Crippen molar-refractivity contribution >= 4 is 127 Å². The molecule has 10 aromatic carbocycles. The Morgan fingerprint density at radius 1 is 0.458 bits per heavy atom. The van der Waals surface area contributed by atoms with Gasteiger partial charge in [-0.1, -0.05) is 167 Å². The Hall–Kier alpha value is -7.67. The molecule has 2 heterocycles. The van der Waals surface area contributed by atoms with Crippen molar-refractivity contribution in [3.05, 3.63) is 228 Å². The molecule has 0 bridgehead atoms. The maximum atomic E-state index is 12.4. The highest BCUT2D eigenvalue weighted by molar-refractivity contribution is 7.43. The zero-order chi connectivity index (χ0) is 49.3. The lowest BCUT2D eigenvalue weighted by atomic mass is 9.95. The highest BCUT2D eigenvalue weighted by Crippen LogP contribution is 2.46. The minimum atomic E-state index is -0.463. The quantitative estimate of drug-likeness (QED) is 0.0572. The number of rotatable bonds is 12. The first-order valence-corrected chi connectivity index (χ1v) is 27.2. The van der Waals surface area contributed by atoms with Gasteiger partial charge in [-0.15, -0.1) is 22.7 Å². The molecule has 0 fully saturated rings. The first kappa shape index (κ1) is 46.7. The number of carbonyl (C=O) groups is 2. The third-order valence-electron chi connectivity index (χ3n) is 13.6. The smallest absolute Gasteiger partial charge is 0.359 e. The molecule has 0 aliphatic heterocycles. The van der Waals surface area contributed by atoms with Gasteiger partial charge in [0.2, 0.25) is 0 Å². The van der Waals surface area contributed by atoms with E-state index in [2.05, 4.69) is 158 Å². The summed E-state index contributed by atoms with van der Waals surface area (Å²) in [5.74, 6) is 0.404. The van der Waals surface area contributed by atoms with Crippen LogP contribution in [0.2, 0.25) is 0 Å². The Balaban J connectivity index is 0.000000156. The van der Waals surface area contributed by atoms with Crippen LogP contribution >= 0.6 is 31.3 Å². The number of likely N-dealkylation sites (N-methyl/N-ethyl adjacent to an activating group) is 1. The summed E-state index contributed by atoms with van der Waals surface area (Å²) in [5.41, 5.74) is 4.91. The summed E-state index contributed by atoms with van der Waals surface area (Å²) in [4.78, 5) is 24.7. The van der Waals surface area contributed by atoms with Crippen molar-refractivity contribution in [3.8, 4) is 11.5 Å². The average molecular weight is 992 g/mol. The molecule has 72 heavy (non-hydrogen) atoms. The van der Waals surface area contributed by atoms with Gasteiger partial charge in [0.15, 0.2) is 0 Å². The van der Waals surface area contributed by atoms with E-state index in [9.17, 15) is 9.59 Å². The van der Waals surface area contributed by atoms with Crippen LogP contribution in [0.15, 0.2) is 206 Å². The number of ether oxygens (including phenoxy) is 2. The van der Waals surface area contributed by atoms with Gasteiger partial charge in [-0.3, -0.25) is 0 Å². The first-order chi connectivity index (χ1) is 35.3. The highest BCUT2D eigenvalue weighted by atomic mass is 32.1. The zero-order valence-corrected chi connectivity index (χ0v) is 42.6. The van der Waals surface area contributed by atoms with E-state index in [1.165, 1.54) is 94.6 Å². The predicted octanol–water partition coefficient (Wildman–Crippen LogP) is 16.7. The van der Waals surface area contributed by atoms with Crippen molar-refractivity contribution in [1.29, 1.82) is 0 Å². The summed E-state index contributed by atoms with van der Waals surface area (Å²) in [5, 5.41) is 18.9. The maximum Gasteiger partial charge on any atom is 0.359 e. The van der Waals surface area contributed by atoms with Gasteiger partial charge in [0.1, 0.15) is 17.2 Å². The lowest BCUT2D eigenvalue weighted by Crippen LogP contribution is -2.20. The number of carbonyl (C=O) groups excluding carboxylic acids is 2. The fourth-order valence-electron chi connectivity index (χ4n) is 9.97. The number of fused-ring (bicyclic) bond motifs is 14. The molecule has 2 aromatic heterocycles. The molecule has 5 nitrogen and oxygen atoms in total. The van der Waals surface area contributed by atoms with Gasteiger partial charge < -0.3 is 14.8 Å². The number of esters is 2. The first-order valence-electron chi connectivity index (χ1n) is 24.1. The summed E-state index contributed by atoms with van der Waals surface area (Å²) >= 11 is 3.75. The minimum absolute atomic E-state index is 0.235. The molecule has 0 aliphatic rings. The molecule has 352 valence electrons. The molecule has 0 saturated carbocycles. The Bertz CT molecular complexity index is 3860. The van der Waals surface area contributed by atoms with Crippen LogP contribution in [0.4, 0.5) is 0 Å². The maximum absolute atomic E-state index is 12.4. The molecular formula is C64H50NO4PS2. The SMILES string of the molecule is C=C(NC)C(=O)Oc1ccccc1CCc1cc2ccccc2c2c1sc1ccc3ccccc3c12.C=C(PC)C(=O)Oc1ccccc1CCc1cc2ccccc2c2c1sc1ccc3ccccc3c12. The molecular weight excluding hydrogens is 942 g/mol. The van der Waals surface area contributed by atoms with Crippen molar-refractivity contribution < 1.29 is 19.1 Å². The number of para-hydroxylation sites is 2. The van der Waals surface area contributed by atoms with Crippen LogP contribution in [0.1, 0.15) is 22.3 Å². The van der Waals surface area contributed by atoms with Gasteiger partial charge >= 0.3 is 11.9 Å². The number of nitrogens with one attached hydrogen (secondary N) is 1. The second kappa shape index (κ2) is 20.2. The van der Waals surface area contributed by atoms with Crippen LogP contribution in [-0.2, 0) is 35.3 Å². The molecule has 1 N–H and O–H groups in total. The van der Waals surface area contributed by atoms with Gasteiger partial charge in [0.05, 0.1) is 5.31 Å². The van der Waals surface area contributed by atoms with E-state index >= 15 is 0 Å². The van der Waals surface area contributed by atoms with Crippen LogP contribution in [0.25, 0.3) is 83.4 Å². The van der Waals surface area contributed by atoms with Crippen molar-refractivity contribution in [2.24, 2.45) is 0 Å². The normalized spacial score (nSPS) is 11.6. The molecule has 0 radical (unpaired) electrons. The third-order valence-corrected chi connectivity index (χ3v) is 16.9. The fraction of sp³-hybridized carbons (Fsp3) is 0.0938. The lowest BCUT2D eigenvalue weighted by molar-refractivity contribution is -0.131. The highest BCUT2D eigenvalue weighted by Gasteiger charge is 2.19. The Morgan fingerprint density at radius 2 is 0.833 bits per heavy atom. The van der Waals surface area contributed by atoms with E-state index in [0.717, 1.165) is 36.8 Å². The molecule has 12 aromatic rings. The molecule has 1 unspecified atom stereocenters. The summed E-state index contributed by atoms with van der Waals surface area (Å²) in [7, 11) is 2.00. The van der Waals surface area contributed by atoms with Gasteiger partial charge in [-0.2, -0.15) is 0 Å². The number of benzene rings is 10. The fourth-order valence-corrected chi connectivity index (χ4v) is 12.8. The van der Waals surface area contributed by atoms with E-state index < -0.39 is 5.97 Å². The third kappa shape index (κ3) is 8.90. The van der Waals surface area contributed by atoms with Crippen LogP contribution < -0.4 is 14.8 Å².